The zero-order valence-corrected chi connectivity index (χ0v) is 10.1. The molecule has 0 radical (unpaired) electrons. The maximum Gasteiger partial charge on any atom is 0.0772 e. The number of hydrogen-bond donors (Lipinski definition) is 2. The lowest BCUT2D eigenvalue weighted by molar-refractivity contribution is 0.592. The molecule has 3 heteroatoms. The summed E-state index contributed by atoms with van der Waals surface area (Å²) in [6.45, 7) is 5.14. The van der Waals surface area contributed by atoms with E-state index >= 15 is 0 Å². The van der Waals surface area contributed by atoms with E-state index in [1.165, 1.54) is 22.6 Å². The molecular weight excluding hydrogens is 204 g/mol. The van der Waals surface area contributed by atoms with Crippen LogP contribution >= 0.6 is 11.8 Å². The molecule has 0 saturated carbocycles. The van der Waals surface area contributed by atoms with Crippen LogP contribution in [-0.4, -0.2) is 5.37 Å². The average molecular weight is 222 g/mol. The molecule has 1 aliphatic rings. The first-order valence-corrected chi connectivity index (χ1v) is 6.33. The molecule has 2 rings (SSSR count). The Hall–Kier alpha value is -0.670. The SMILES string of the molecule is CC(C)CC1Nc2cc(CN)ccc2S1. The fourth-order valence-corrected chi connectivity index (χ4v) is 3.18. The predicted molar refractivity (Wildman–Crippen MR) is 67.1 cm³/mol. The lowest BCUT2D eigenvalue weighted by atomic mass is 10.1. The number of fused-ring (bicyclic) bond motifs is 1. The van der Waals surface area contributed by atoms with Crippen LogP contribution in [0, 0.1) is 5.92 Å². The molecule has 82 valence electrons. The molecule has 15 heavy (non-hydrogen) atoms. The van der Waals surface area contributed by atoms with E-state index in [1.54, 1.807) is 0 Å². The van der Waals surface area contributed by atoms with E-state index in [-0.39, 0.29) is 0 Å². The monoisotopic (exact) mass is 222 g/mol. The number of nitrogens with one attached hydrogen (secondary N) is 1. The Morgan fingerprint density at radius 3 is 2.93 bits per heavy atom. The van der Waals surface area contributed by atoms with Gasteiger partial charge in [0.15, 0.2) is 0 Å². The summed E-state index contributed by atoms with van der Waals surface area (Å²) in [6.07, 6.45) is 1.21. The fourth-order valence-electron chi connectivity index (χ4n) is 1.81. The van der Waals surface area contributed by atoms with E-state index in [2.05, 4.69) is 37.4 Å². The second kappa shape index (κ2) is 4.45. The highest BCUT2D eigenvalue weighted by atomic mass is 32.2. The average Bonchev–Trinajstić information content (AvgIpc) is 2.57. The van der Waals surface area contributed by atoms with Gasteiger partial charge in [-0.1, -0.05) is 31.7 Å². The van der Waals surface area contributed by atoms with Crippen molar-refractivity contribution in [3.05, 3.63) is 23.8 Å². The van der Waals surface area contributed by atoms with Crippen molar-refractivity contribution in [2.24, 2.45) is 11.7 Å². The quantitative estimate of drug-likeness (QED) is 0.825. The van der Waals surface area contributed by atoms with E-state index in [1.807, 2.05) is 11.8 Å². The number of benzene rings is 1. The molecule has 0 bridgehead atoms. The van der Waals surface area contributed by atoms with Crippen molar-refractivity contribution in [1.82, 2.24) is 0 Å². The molecule has 1 heterocycles. The van der Waals surface area contributed by atoms with Gasteiger partial charge in [-0.2, -0.15) is 0 Å². The van der Waals surface area contributed by atoms with E-state index in [9.17, 15) is 0 Å². The lowest BCUT2D eigenvalue weighted by Gasteiger charge is -2.12. The zero-order chi connectivity index (χ0) is 10.8. The van der Waals surface area contributed by atoms with Crippen LogP contribution < -0.4 is 11.1 Å². The van der Waals surface area contributed by atoms with Gasteiger partial charge in [0.1, 0.15) is 0 Å². The van der Waals surface area contributed by atoms with Gasteiger partial charge in [-0.3, -0.25) is 0 Å². The molecule has 0 amide bonds. The van der Waals surface area contributed by atoms with Crippen LogP contribution in [-0.2, 0) is 6.54 Å². The molecule has 0 spiro atoms. The lowest BCUT2D eigenvalue weighted by Crippen LogP contribution is -2.12. The van der Waals surface area contributed by atoms with E-state index in [4.69, 9.17) is 5.73 Å². The summed E-state index contributed by atoms with van der Waals surface area (Å²) < 4.78 is 0. The molecule has 0 saturated heterocycles. The zero-order valence-electron chi connectivity index (χ0n) is 9.29. The summed E-state index contributed by atoms with van der Waals surface area (Å²) in [5, 5.41) is 4.08. The van der Waals surface area contributed by atoms with E-state index in [0.717, 1.165) is 5.92 Å². The summed E-state index contributed by atoms with van der Waals surface area (Å²) in [6, 6.07) is 6.46. The fraction of sp³-hybridized carbons (Fsp3) is 0.500. The molecule has 1 aromatic carbocycles. The number of anilines is 1. The summed E-state index contributed by atoms with van der Waals surface area (Å²) >= 11 is 1.93. The van der Waals surface area contributed by atoms with E-state index in [0.29, 0.717) is 11.9 Å². The summed E-state index contributed by atoms with van der Waals surface area (Å²) in [4.78, 5) is 1.36. The Labute approximate surface area is 95.6 Å². The van der Waals surface area contributed by atoms with Gasteiger partial charge >= 0.3 is 0 Å². The molecule has 3 N–H and O–H groups in total. The first-order valence-electron chi connectivity index (χ1n) is 5.45. The molecular formula is C12H18N2S. The van der Waals surface area contributed by atoms with Crippen LogP contribution in [0.2, 0.25) is 0 Å². The third-order valence-corrected chi connectivity index (χ3v) is 3.76. The number of hydrogen-bond acceptors (Lipinski definition) is 3. The Morgan fingerprint density at radius 1 is 1.47 bits per heavy atom. The summed E-state index contributed by atoms with van der Waals surface area (Å²) in [5.74, 6) is 0.735. The van der Waals surface area contributed by atoms with Crippen LogP contribution in [0.15, 0.2) is 23.1 Å². The second-order valence-corrected chi connectivity index (χ2v) is 5.66. The second-order valence-electron chi connectivity index (χ2n) is 4.42. The van der Waals surface area contributed by atoms with Crippen LogP contribution in [0.4, 0.5) is 5.69 Å². The predicted octanol–water partition coefficient (Wildman–Crippen LogP) is 3.04. The van der Waals surface area contributed by atoms with Crippen molar-refractivity contribution in [3.8, 4) is 0 Å². The van der Waals surface area contributed by atoms with Crippen LogP contribution in [0.5, 0.6) is 0 Å². The van der Waals surface area contributed by atoms with Crippen molar-refractivity contribution in [3.63, 3.8) is 0 Å². The third-order valence-electron chi connectivity index (χ3n) is 2.55. The van der Waals surface area contributed by atoms with Crippen LogP contribution in [0.25, 0.3) is 0 Å². The Balaban J connectivity index is 2.09. The molecule has 0 aromatic heterocycles. The minimum Gasteiger partial charge on any atom is -0.372 e. The first kappa shape index (κ1) is 10.8. The van der Waals surface area contributed by atoms with Gasteiger partial charge in [-0.15, -0.1) is 0 Å². The van der Waals surface area contributed by atoms with Crippen LogP contribution in [0.3, 0.4) is 0 Å². The van der Waals surface area contributed by atoms with Gasteiger partial charge in [-0.25, -0.2) is 0 Å². The summed E-state index contributed by atoms with van der Waals surface area (Å²) in [7, 11) is 0. The minimum absolute atomic E-state index is 0.535. The number of nitrogens with two attached hydrogens (primary N) is 1. The standard InChI is InChI=1S/C12H18N2S/c1-8(2)5-12-14-10-6-9(7-13)3-4-11(10)15-12/h3-4,6,8,12,14H,5,7,13H2,1-2H3. The highest BCUT2D eigenvalue weighted by Gasteiger charge is 2.21. The highest BCUT2D eigenvalue weighted by Crippen LogP contribution is 2.40. The van der Waals surface area contributed by atoms with Crippen molar-refractivity contribution >= 4 is 17.4 Å². The van der Waals surface area contributed by atoms with E-state index < -0.39 is 0 Å². The maximum absolute atomic E-state index is 5.62. The Kier molecular flexibility index (Phi) is 3.22. The Bertz CT molecular complexity index is 349. The number of rotatable bonds is 3. The van der Waals surface area contributed by atoms with Gasteiger partial charge in [-0.05, 0) is 30.0 Å². The van der Waals surface area contributed by atoms with Crippen LogP contribution in [0.1, 0.15) is 25.8 Å². The van der Waals surface area contributed by atoms with Crippen molar-refractivity contribution < 1.29 is 0 Å². The van der Waals surface area contributed by atoms with Gasteiger partial charge in [0, 0.05) is 17.1 Å². The van der Waals surface area contributed by atoms with Gasteiger partial charge in [0.25, 0.3) is 0 Å². The molecule has 1 aliphatic heterocycles. The molecule has 0 fully saturated rings. The van der Waals surface area contributed by atoms with Crippen molar-refractivity contribution in [1.29, 1.82) is 0 Å². The topological polar surface area (TPSA) is 38.0 Å². The molecule has 1 atom stereocenters. The summed E-state index contributed by atoms with van der Waals surface area (Å²) in [5.41, 5.74) is 8.08. The highest BCUT2D eigenvalue weighted by molar-refractivity contribution is 8.00. The smallest absolute Gasteiger partial charge is 0.0772 e. The van der Waals surface area contributed by atoms with Crippen molar-refractivity contribution in [2.45, 2.75) is 37.1 Å². The molecule has 1 unspecified atom stereocenters. The molecule has 1 aromatic rings. The maximum atomic E-state index is 5.62. The Morgan fingerprint density at radius 2 is 2.27 bits per heavy atom. The normalized spacial score (nSPS) is 19.1. The molecule has 2 nitrogen and oxygen atoms in total. The first-order chi connectivity index (χ1) is 7.19. The van der Waals surface area contributed by atoms with Gasteiger partial charge in [0.2, 0.25) is 0 Å². The minimum atomic E-state index is 0.535. The van der Waals surface area contributed by atoms with Gasteiger partial charge < -0.3 is 11.1 Å². The number of thioether (sulfide) groups is 1. The van der Waals surface area contributed by atoms with Gasteiger partial charge in [0.05, 0.1) is 5.37 Å². The molecule has 0 aliphatic carbocycles. The van der Waals surface area contributed by atoms with Crippen molar-refractivity contribution in [2.75, 3.05) is 5.32 Å². The third kappa shape index (κ3) is 2.47. The largest absolute Gasteiger partial charge is 0.372 e.